The number of hydrogen-bond donors (Lipinski definition) is 1. The van der Waals surface area contributed by atoms with Gasteiger partial charge >= 0.3 is 5.97 Å². The topological polar surface area (TPSA) is 60.9 Å². The van der Waals surface area contributed by atoms with Crippen molar-refractivity contribution in [3.05, 3.63) is 64.1 Å². The molecule has 152 valence electrons. The zero-order valence-electron chi connectivity index (χ0n) is 15.8. The highest BCUT2D eigenvalue weighted by Gasteiger charge is 2.44. The molecule has 0 aromatic heterocycles. The molecule has 0 bridgehead atoms. The molecule has 1 aliphatic carbocycles. The summed E-state index contributed by atoms with van der Waals surface area (Å²) in [5.41, 5.74) is 2.10. The van der Waals surface area contributed by atoms with Gasteiger partial charge in [0.1, 0.15) is 6.42 Å². The maximum atomic E-state index is 12.6. The van der Waals surface area contributed by atoms with Crippen molar-refractivity contribution in [3.8, 4) is 0 Å². The number of carbonyl (C=O) groups excluding carboxylic acids is 1. The van der Waals surface area contributed by atoms with Crippen LogP contribution in [0.4, 0.5) is 5.69 Å². The molecule has 2 aliphatic rings. The summed E-state index contributed by atoms with van der Waals surface area (Å²) in [4.78, 5) is 27.8. The first kappa shape index (κ1) is 20.0. The smallest absolute Gasteiger partial charge is 0.312 e. The molecule has 0 spiro atoms. The van der Waals surface area contributed by atoms with Gasteiger partial charge in [-0.05, 0) is 60.7 Å². The molecule has 2 fully saturated rings. The molecule has 2 unspecified atom stereocenters. The normalized spacial score (nSPS) is 21.9. The molecule has 7 heteroatoms. The van der Waals surface area contributed by atoms with E-state index in [0.29, 0.717) is 29.1 Å². The zero-order valence-corrected chi connectivity index (χ0v) is 17.3. The number of anilines is 1. The van der Waals surface area contributed by atoms with E-state index in [1.54, 1.807) is 4.90 Å². The van der Waals surface area contributed by atoms with Gasteiger partial charge in [0.15, 0.2) is 0 Å². The van der Waals surface area contributed by atoms with Gasteiger partial charge in [-0.3, -0.25) is 9.59 Å². The molecule has 1 saturated carbocycles. The lowest BCUT2D eigenvalue weighted by Crippen LogP contribution is -2.57. The second-order valence-corrected chi connectivity index (χ2v) is 8.60. The molecule has 0 radical (unpaired) electrons. The van der Waals surface area contributed by atoms with E-state index >= 15 is 0 Å². The molecule has 1 N–H and O–H groups in total. The average molecular weight is 433 g/mol. The molecule has 5 nitrogen and oxygen atoms in total. The van der Waals surface area contributed by atoms with Crippen LogP contribution in [-0.2, 0) is 9.59 Å². The first-order valence-electron chi connectivity index (χ1n) is 9.71. The third-order valence-electron chi connectivity index (χ3n) is 5.69. The number of rotatable bonds is 5. The van der Waals surface area contributed by atoms with Crippen LogP contribution in [0.2, 0.25) is 10.0 Å². The van der Waals surface area contributed by atoms with Crippen molar-refractivity contribution in [1.82, 2.24) is 4.90 Å². The van der Waals surface area contributed by atoms with E-state index < -0.39 is 12.4 Å². The highest BCUT2D eigenvalue weighted by Crippen LogP contribution is 2.44. The van der Waals surface area contributed by atoms with Crippen LogP contribution in [0.25, 0.3) is 0 Å². The first-order valence-corrected chi connectivity index (χ1v) is 10.5. The van der Waals surface area contributed by atoms with Gasteiger partial charge in [0.25, 0.3) is 0 Å². The summed E-state index contributed by atoms with van der Waals surface area (Å²) in [5, 5.41) is 10.4. The van der Waals surface area contributed by atoms with E-state index in [1.807, 2.05) is 48.5 Å². The predicted molar refractivity (Wildman–Crippen MR) is 113 cm³/mol. The van der Waals surface area contributed by atoms with Crippen LogP contribution in [0.5, 0.6) is 0 Å². The molecule has 1 amide bonds. The number of benzene rings is 2. The number of amides is 1. The van der Waals surface area contributed by atoms with E-state index in [1.165, 1.54) is 0 Å². The quantitative estimate of drug-likeness (QED) is 0.699. The molecular formula is C22H22Cl2N2O3. The van der Waals surface area contributed by atoms with Crippen LogP contribution < -0.4 is 4.90 Å². The fourth-order valence-electron chi connectivity index (χ4n) is 4.15. The van der Waals surface area contributed by atoms with Gasteiger partial charge in [0, 0.05) is 28.8 Å². The lowest BCUT2D eigenvalue weighted by Gasteiger charge is -2.49. The van der Waals surface area contributed by atoms with Gasteiger partial charge < -0.3 is 14.9 Å². The van der Waals surface area contributed by atoms with E-state index in [9.17, 15) is 9.59 Å². The average Bonchev–Trinajstić information content (AvgIpc) is 3.53. The summed E-state index contributed by atoms with van der Waals surface area (Å²) in [5.74, 6) is -0.945. The summed E-state index contributed by atoms with van der Waals surface area (Å²) in [7, 11) is 0. The minimum Gasteiger partial charge on any atom is -0.481 e. The van der Waals surface area contributed by atoms with Gasteiger partial charge in [-0.25, -0.2) is 0 Å². The number of hydrogen-bond acceptors (Lipinski definition) is 3. The van der Waals surface area contributed by atoms with Crippen LogP contribution in [0.1, 0.15) is 30.9 Å². The lowest BCUT2D eigenvalue weighted by atomic mass is 9.95. The molecule has 2 aromatic carbocycles. The van der Waals surface area contributed by atoms with Crippen molar-refractivity contribution in [2.24, 2.45) is 5.92 Å². The summed E-state index contributed by atoms with van der Waals surface area (Å²) in [6.45, 7) is 0.961. The molecule has 1 aliphatic heterocycles. The third kappa shape index (κ3) is 4.51. The maximum absolute atomic E-state index is 12.6. The van der Waals surface area contributed by atoms with Crippen molar-refractivity contribution >= 4 is 40.8 Å². The molecule has 1 saturated heterocycles. The van der Waals surface area contributed by atoms with E-state index in [0.717, 1.165) is 24.1 Å². The molecule has 1 heterocycles. The third-order valence-corrected chi connectivity index (χ3v) is 6.20. The van der Waals surface area contributed by atoms with Gasteiger partial charge in [-0.2, -0.15) is 0 Å². The number of carboxylic acid groups (broad SMARTS) is 1. The van der Waals surface area contributed by atoms with Crippen LogP contribution in [0.15, 0.2) is 48.5 Å². The minimum atomic E-state index is -1.10. The largest absolute Gasteiger partial charge is 0.481 e. The zero-order chi connectivity index (χ0) is 20.5. The Hall–Kier alpha value is -2.24. The molecule has 2 atom stereocenters. The molecule has 29 heavy (non-hydrogen) atoms. The number of nitrogens with zero attached hydrogens (tertiary/aromatic N) is 2. The van der Waals surface area contributed by atoms with E-state index in [4.69, 9.17) is 28.3 Å². The summed E-state index contributed by atoms with van der Waals surface area (Å²) >= 11 is 12.2. The fourth-order valence-corrected chi connectivity index (χ4v) is 4.41. The van der Waals surface area contributed by atoms with Crippen LogP contribution in [-0.4, -0.2) is 41.0 Å². The van der Waals surface area contributed by atoms with Gasteiger partial charge in [-0.15, -0.1) is 0 Å². The highest BCUT2D eigenvalue weighted by atomic mass is 35.5. The Morgan fingerprint density at radius 3 is 2.07 bits per heavy atom. The number of piperazine rings is 1. The Labute approximate surface area is 179 Å². The van der Waals surface area contributed by atoms with Crippen molar-refractivity contribution < 1.29 is 14.7 Å². The number of aliphatic carboxylic acids is 1. The van der Waals surface area contributed by atoms with Gasteiger partial charge in [0.2, 0.25) is 5.91 Å². The summed E-state index contributed by atoms with van der Waals surface area (Å²) in [6.07, 6.45) is 1.75. The Morgan fingerprint density at radius 2 is 1.52 bits per heavy atom. The van der Waals surface area contributed by atoms with E-state index in [2.05, 4.69) is 4.90 Å². The SMILES string of the molecule is O=C(O)CC(=O)N1CC(c2ccc(Cl)cc2)N(c2ccc(Cl)cc2)C(C2CC2)C1. The summed E-state index contributed by atoms with van der Waals surface area (Å²) < 4.78 is 0. The van der Waals surface area contributed by atoms with Crippen LogP contribution in [0.3, 0.4) is 0 Å². The Bertz CT molecular complexity index is 897. The van der Waals surface area contributed by atoms with Crippen LogP contribution >= 0.6 is 23.2 Å². The molecular weight excluding hydrogens is 411 g/mol. The highest BCUT2D eigenvalue weighted by molar-refractivity contribution is 6.30. The number of halogens is 2. The fraction of sp³-hybridized carbons (Fsp3) is 0.364. The van der Waals surface area contributed by atoms with Crippen molar-refractivity contribution in [1.29, 1.82) is 0 Å². The lowest BCUT2D eigenvalue weighted by molar-refractivity contribution is -0.144. The second kappa shape index (κ2) is 8.25. The van der Waals surface area contributed by atoms with Gasteiger partial charge in [-0.1, -0.05) is 35.3 Å². The summed E-state index contributed by atoms with van der Waals surface area (Å²) in [6, 6.07) is 15.5. The monoisotopic (exact) mass is 432 g/mol. The standard InChI is InChI=1S/C22H22Cl2N2O3/c23-16-5-3-15(4-6-16)20-13-25(21(27)11-22(28)29)12-19(14-1-2-14)26(20)18-9-7-17(24)8-10-18/h3-10,14,19-20H,1-2,11-13H2,(H,28,29). The van der Waals surface area contributed by atoms with E-state index in [-0.39, 0.29) is 18.0 Å². The van der Waals surface area contributed by atoms with Crippen molar-refractivity contribution in [2.45, 2.75) is 31.3 Å². The molecule has 2 aromatic rings. The Balaban J connectivity index is 1.73. The van der Waals surface area contributed by atoms with Gasteiger partial charge in [0.05, 0.1) is 12.1 Å². The van der Waals surface area contributed by atoms with Crippen molar-refractivity contribution in [2.75, 3.05) is 18.0 Å². The molecule has 4 rings (SSSR count). The maximum Gasteiger partial charge on any atom is 0.312 e. The number of carbonyl (C=O) groups is 2. The first-order chi connectivity index (χ1) is 13.9. The second-order valence-electron chi connectivity index (χ2n) is 7.73. The Kier molecular flexibility index (Phi) is 5.70. The van der Waals surface area contributed by atoms with Crippen molar-refractivity contribution in [3.63, 3.8) is 0 Å². The minimum absolute atomic E-state index is 0.0921. The van der Waals surface area contributed by atoms with Crippen LogP contribution in [0, 0.1) is 5.92 Å². The Morgan fingerprint density at radius 1 is 0.931 bits per heavy atom. The predicted octanol–water partition coefficient (Wildman–Crippen LogP) is 4.64. The number of carboxylic acids is 1.